The molecular formula is C20H20F3N5O3S. The van der Waals surface area contributed by atoms with Gasteiger partial charge in [-0.15, -0.1) is 0 Å². The van der Waals surface area contributed by atoms with Gasteiger partial charge in [-0.3, -0.25) is 9.36 Å². The predicted octanol–water partition coefficient (Wildman–Crippen LogP) is 2.16. The van der Waals surface area contributed by atoms with Crippen LogP contribution in [-0.2, 0) is 22.4 Å². The van der Waals surface area contributed by atoms with Gasteiger partial charge in [0.15, 0.2) is 9.84 Å². The van der Waals surface area contributed by atoms with Crippen molar-refractivity contribution in [1.29, 1.82) is 0 Å². The van der Waals surface area contributed by atoms with Crippen LogP contribution in [0.25, 0.3) is 11.0 Å². The van der Waals surface area contributed by atoms with Gasteiger partial charge in [0, 0.05) is 18.2 Å². The van der Waals surface area contributed by atoms with E-state index in [4.69, 9.17) is 5.73 Å². The summed E-state index contributed by atoms with van der Waals surface area (Å²) in [5.74, 6) is -1.53. The molecule has 170 valence electrons. The molecule has 1 aliphatic heterocycles. The van der Waals surface area contributed by atoms with Crippen LogP contribution in [0.1, 0.15) is 36.1 Å². The second-order valence-corrected chi connectivity index (χ2v) is 10.1. The minimum Gasteiger partial charge on any atom is -0.363 e. The monoisotopic (exact) mass is 467 g/mol. The van der Waals surface area contributed by atoms with Crippen molar-refractivity contribution in [2.75, 3.05) is 16.8 Å². The normalized spacial score (nSPS) is 17.8. The molecule has 0 unspecified atom stereocenters. The Bertz CT molecular complexity index is 1380. The minimum atomic E-state index is -3.32. The Hall–Kier alpha value is -2.99. The second-order valence-electron chi connectivity index (χ2n) is 7.99. The van der Waals surface area contributed by atoms with Crippen LogP contribution in [0.5, 0.6) is 0 Å². The Morgan fingerprint density at radius 3 is 2.50 bits per heavy atom. The quantitative estimate of drug-likeness (QED) is 0.590. The summed E-state index contributed by atoms with van der Waals surface area (Å²) in [6.45, 7) is 1.58. The highest BCUT2D eigenvalue weighted by Gasteiger charge is 2.48. The number of sulfone groups is 1. The number of nitrogens with zero attached hydrogens (tertiary/aromatic N) is 3. The molecule has 0 radical (unpaired) electrons. The molecule has 2 aromatic heterocycles. The number of nitrogens with two attached hydrogens (primary N) is 1. The lowest BCUT2D eigenvalue weighted by Crippen LogP contribution is -2.61. The van der Waals surface area contributed by atoms with Gasteiger partial charge in [0.2, 0.25) is 0 Å². The van der Waals surface area contributed by atoms with E-state index >= 15 is 0 Å². The maximum atomic E-state index is 14.6. The van der Waals surface area contributed by atoms with Gasteiger partial charge in [-0.1, -0.05) is 18.2 Å². The SMILES string of the molecule is C[C@@H](Nc1ncnc2c1cc(C1(N)CS(=O)(=O)C1)c(=O)n2C)c1cccc(C(F)F)c1F. The third kappa shape index (κ3) is 3.62. The molecule has 0 spiro atoms. The highest BCUT2D eigenvalue weighted by molar-refractivity contribution is 7.93. The van der Waals surface area contributed by atoms with E-state index in [1.807, 2.05) is 0 Å². The molecule has 4 rings (SSSR count). The molecule has 3 aromatic rings. The lowest BCUT2D eigenvalue weighted by atomic mass is 9.94. The van der Waals surface area contributed by atoms with Crippen molar-refractivity contribution in [3.8, 4) is 0 Å². The Morgan fingerprint density at radius 2 is 1.88 bits per heavy atom. The lowest BCUT2D eigenvalue weighted by Gasteiger charge is -2.37. The summed E-state index contributed by atoms with van der Waals surface area (Å²) in [5, 5.41) is 3.33. The molecule has 0 aliphatic carbocycles. The highest BCUT2D eigenvalue weighted by atomic mass is 32.2. The predicted molar refractivity (Wildman–Crippen MR) is 113 cm³/mol. The number of hydrogen-bond donors (Lipinski definition) is 2. The fraction of sp³-hybridized carbons (Fsp3) is 0.350. The van der Waals surface area contributed by atoms with Crippen LogP contribution in [-0.4, -0.2) is 34.5 Å². The van der Waals surface area contributed by atoms with Crippen LogP contribution in [0.2, 0.25) is 0 Å². The van der Waals surface area contributed by atoms with Gasteiger partial charge in [-0.25, -0.2) is 31.6 Å². The van der Waals surface area contributed by atoms with Crippen molar-refractivity contribution in [3.05, 3.63) is 63.5 Å². The number of rotatable bonds is 5. The van der Waals surface area contributed by atoms with Gasteiger partial charge in [0.25, 0.3) is 12.0 Å². The molecule has 1 aliphatic rings. The first-order valence-corrected chi connectivity index (χ1v) is 11.4. The zero-order valence-corrected chi connectivity index (χ0v) is 18.0. The molecule has 3 heterocycles. The molecule has 1 atom stereocenters. The first-order chi connectivity index (χ1) is 14.9. The minimum absolute atomic E-state index is 0.0139. The summed E-state index contributed by atoms with van der Waals surface area (Å²) in [6.07, 6.45) is -1.76. The van der Waals surface area contributed by atoms with Gasteiger partial charge in [0.1, 0.15) is 23.6 Å². The lowest BCUT2D eigenvalue weighted by molar-refractivity contribution is 0.146. The van der Waals surface area contributed by atoms with Crippen molar-refractivity contribution in [2.45, 2.75) is 24.9 Å². The summed E-state index contributed by atoms with van der Waals surface area (Å²) >= 11 is 0. The molecule has 0 saturated carbocycles. The number of fused-ring (bicyclic) bond motifs is 1. The van der Waals surface area contributed by atoms with Crippen LogP contribution >= 0.6 is 0 Å². The average molecular weight is 467 g/mol. The van der Waals surface area contributed by atoms with E-state index in [1.54, 1.807) is 6.92 Å². The number of hydrogen-bond acceptors (Lipinski definition) is 7. The molecule has 8 nitrogen and oxygen atoms in total. The summed E-state index contributed by atoms with van der Waals surface area (Å²) in [4.78, 5) is 21.1. The van der Waals surface area contributed by atoms with E-state index in [0.29, 0.717) is 5.39 Å². The number of halogens is 3. The van der Waals surface area contributed by atoms with E-state index in [9.17, 15) is 26.4 Å². The van der Waals surface area contributed by atoms with Crippen LogP contribution in [0, 0.1) is 5.82 Å². The number of aryl methyl sites for hydroxylation is 1. The van der Waals surface area contributed by atoms with E-state index in [0.717, 1.165) is 6.07 Å². The molecule has 0 bridgehead atoms. The Morgan fingerprint density at radius 1 is 1.22 bits per heavy atom. The fourth-order valence-electron chi connectivity index (χ4n) is 3.99. The maximum Gasteiger partial charge on any atom is 0.266 e. The third-order valence-corrected chi connectivity index (χ3v) is 7.52. The van der Waals surface area contributed by atoms with Crippen LogP contribution in [0.15, 0.2) is 35.4 Å². The van der Waals surface area contributed by atoms with Gasteiger partial charge in [0.05, 0.1) is 34.0 Å². The van der Waals surface area contributed by atoms with Gasteiger partial charge >= 0.3 is 0 Å². The third-order valence-electron chi connectivity index (χ3n) is 5.61. The molecule has 0 amide bonds. The van der Waals surface area contributed by atoms with Gasteiger partial charge in [-0.05, 0) is 13.0 Å². The number of pyridine rings is 1. The van der Waals surface area contributed by atoms with E-state index < -0.39 is 44.8 Å². The van der Waals surface area contributed by atoms with Crippen LogP contribution < -0.4 is 16.6 Å². The molecule has 1 fully saturated rings. The molecular weight excluding hydrogens is 447 g/mol. The topological polar surface area (TPSA) is 120 Å². The first-order valence-electron chi connectivity index (χ1n) is 9.61. The van der Waals surface area contributed by atoms with Crippen molar-refractivity contribution >= 4 is 26.7 Å². The largest absolute Gasteiger partial charge is 0.363 e. The number of alkyl halides is 2. The zero-order valence-electron chi connectivity index (χ0n) is 17.1. The highest BCUT2D eigenvalue weighted by Crippen LogP contribution is 2.33. The van der Waals surface area contributed by atoms with Crippen LogP contribution in [0.3, 0.4) is 0 Å². The fourth-order valence-corrected chi connectivity index (χ4v) is 5.79. The standard InChI is InChI=1S/C20H20F3N5O3S/c1-10(11-4-3-5-12(15(11)21)16(22)23)27-17-13-6-14(20(24)7-32(30,31)8-20)19(29)28(2)18(13)26-9-25-17/h3-6,9-10,16H,7-8,24H2,1-2H3,(H,25,26,27)/t10-/m1/s1. The first kappa shape index (κ1) is 22.2. The van der Waals surface area contributed by atoms with E-state index in [1.165, 1.54) is 36.1 Å². The number of benzene rings is 1. The summed E-state index contributed by atoms with van der Waals surface area (Å²) in [5.41, 5.74) is 4.03. The number of nitrogens with one attached hydrogen (secondary N) is 1. The Balaban J connectivity index is 1.79. The molecule has 3 N–H and O–H groups in total. The number of anilines is 1. The van der Waals surface area contributed by atoms with Crippen molar-refractivity contribution in [3.63, 3.8) is 0 Å². The van der Waals surface area contributed by atoms with Crippen LogP contribution in [0.4, 0.5) is 19.0 Å². The van der Waals surface area contributed by atoms with Gasteiger partial charge < -0.3 is 11.1 Å². The van der Waals surface area contributed by atoms with Crippen molar-refractivity contribution in [2.24, 2.45) is 12.8 Å². The summed E-state index contributed by atoms with van der Waals surface area (Å²) < 4.78 is 65.4. The summed E-state index contributed by atoms with van der Waals surface area (Å²) in [6, 6.07) is 4.42. The van der Waals surface area contributed by atoms with Crippen molar-refractivity contribution in [1.82, 2.24) is 14.5 Å². The molecule has 1 aromatic carbocycles. The Kier molecular flexibility index (Phi) is 5.24. The molecule has 12 heteroatoms. The molecule has 32 heavy (non-hydrogen) atoms. The maximum absolute atomic E-state index is 14.6. The van der Waals surface area contributed by atoms with E-state index in [2.05, 4.69) is 15.3 Å². The zero-order chi connectivity index (χ0) is 23.4. The summed E-state index contributed by atoms with van der Waals surface area (Å²) in [7, 11) is -1.86. The van der Waals surface area contributed by atoms with Gasteiger partial charge in [-0.2, -0.15) is 0 Å². The molecule has 1 saturated heterocycles. The Labute approximate surface area is 181 Å². The average Bonchev–Trinajstić information content (AvgIpc) is 2.69. The smallest absolute Gasteiger partial charge is 0.266 e. The van der Waals surface area contributed by atoms with Crippen molar-refractivity contribution < 1.29 is 21.6 Å². The van der Waals surface area contributed by atoms with E-state index in [-0.39, 0.29) is 34.1 Å². The second kappa shape index (κ2) is 7.55. The number of aromatic nitrogens is 3.